The van der Waals surface area contributed by atoms with Gasteiger partial charge in [0.1, 0.15) is 0 Å². The third kappa shape index (κ3) is 3.26. The predicted molar refractivity (Wildman–Crippen MR) is 78.8 cm³/mol. The van der Waals surface area contributed by atoms with E-state index in [1.165, 1.54) is 5.56 Å². The first-order valence-corrected chi connectivity index (χ1v) is 6.93. The molecule has 1 N–H and O–H groups in total. The molecule has 0 atom stereocenters. The number of carbonyl (C=O) groups is 1. The summed E-state index contributed by atoms with van der Waals surface area (Å²) in [6.45, 7) is 7.67. The van der Waals surface area contributed by atoms with E-state index in [0.29, 0.717) is 5.92 Å². The Morgan fingerprint density at radius 3 is 2.32 bits per heavy atom. The van der Waals surface area contributed by atoms with Crippen molar-refractivity contribution in [3.8, 4) is 0 Å². The number of benzene rings is 1. The number of amides is 2. The predicted octanol–water partition coefficient (Wildman–Crippen LogP) is 2.27. The molecular weight excluding hydrogens is 238 g/mol. The van der Waals surface area contributed by atoms with Gasteiger partial charge in [-0.05, 0) is 23.6 Å². The molecule has 4 nitrogen and oxygen atoms in total. The van der Waals surface area contributed by atoms with Crippen LogP contribution < -0.4 is 10.2 Å². The smallest absolute Gasteiger partial charge is 0.322 e. The molecule has 1 heterocycles. The first kappa shape index (κ1) is 13.9. The molecule has 19 heavy (non-hydrogen) atoms. The summed E-state index contributed by atoms with van der Waals surface area (Å²) in [6.07, 6.45) is 0. The van der Waals surface area contributed by atoms with Gasteiger partial charge in [0.2, 0.25) is 0 Å². The van der Waals surface area contributed by atoms with Crippen LogP contribution in [0.1, 0.15) is 25.3 Å². The van der Waals surface area contributed by atoms with E-state index in [9.17, 15) is 4.79 Å². The molecule has 0 radical (unpaired) electrons. The Morgan fingerprint density at radius 1 is 1.21 bits per heavy atom. The molecule has 0 spiro atoms. The van der Waals surface area contributed by atoms with Crippen molar-refractivity contribution >= 4 is 11.7 Å². The summed E-state index contributed by atoms with van der Waals surface area (Å²) in [5, 5.41) is 3.26. The maximum atomic E-state index is 12.3. The van der Waals surface area contributed by atoms with Gasteiger partial charge in [0.05, 0.1) is 0 Å². The van der Waals surface area contributed by atoms with Crippen molar-refractivity contribution in [3.63, 3.8) is 0 Å². The molecule has 0 bridgehead atoms. The highest BCUT2D eigenvalue weighted by Crippen LogP contribution is 2.20. The monoisotopic (exact) mass is 261 g/mol. The number of nitrogens with one attached hydrogen (secondary N) is 1. The Bertz CT molecular complexity index is 422. The number of hydrogen-bond acceptors (Lipinski definition) is 2. The van der Waals surface area contributed by atoms with Crippen LogP contribution in [0.25, 0.3) is 0 Å². The van der Waals surface area contributed by atoms with Crippen LogP contribution in [0.5, 0.6) is 0 Å². The number of nitrogens with zero attached hydrogens (tertiary/aromatic N) is 2. The zero-order valence-corrected chi connectivity index (χ0v) is 12.0. The van der Waals surface area contributed by atoms with Crippen LogP contribution in [0.4, 0.5) is 10.5 Å². The van der Waals surface area contributed by atoms with Gasteiger partial charge in [-0.25, -0.2) is 4.79 Å². The van der Waals surface area contributed by atoms with Crippen molar-refractivity contribution in [2.45, 2.75) is 19.8 Å². The zero-order valence-electron chi connectivity index (χ0n) is 12.0. The number of urea groups is 1. The van der Waals surface area contributed by atoms with Crippen molar-refractivity contribution in [1.82, 2.24) is 10.2 Å². The SMILES string of the molecule is CC(C)c1ccc(N(C)C(=O)N2CCNCC2)cc1. The highest BCUT2D eigenvalue weighted by molar-refractivity contribution is 5.91. The van der Waals surface area contributed by atoms with Crippen LogP contribution >= 0.6 is 0 Å². The maximum absolute atomic E-state index is 12.3. The van der Waals surface area contributed by atoms with Crippen molar-refractivity contribution < 1.29 is 4.79 Å². The largest absolute Gasteiger partial charge is 0.324 e. The second-order valence-electron chi connectivity index (χ2n) is 5.32. The van der Waals surface area contributed by atoms with Gasteiger partial charge in [-0.2, -0.15) is 0 Å². The lowest BCUT2D eigenvalue weighted by Gasteiger charge is -2.31. The molecule has 1 aromatic carbocycles. The number of hydrogen-bond donors (Lipinski definition) is 1. The summed E-state index contributed by atoms with van der Waals surface area (Å²) < 4.78 is 0. The van der Waals surface area contributed by atoms with Gasteiger partial charge < -0.3 is 10.2 Å². The standard InChI is InChI=1S/C15H23N3O/c1-12(2)13-4-6-14(7-5-13)17(3)15(19)18-10-8-16-9-11-18/h4-7,12,16H,8-11H2,1-3H3. The average Bonchev–Trinajstić information content (AvgIpc) is 2.46. The van der Waals surface area contributed by atoms with Crippen LogP contribution in [0.15, 0.2) is 24.3 Å². The summed E-state index contributed by atoms with van der Waals surface area (Å²) in [5.41, 5.74) is 2.25. The minimum absolute atomic E-state index is 0.0822. The number of anilines is 1. The molecule has 0 aliphatic carbocycles. The van der Waals surface area contributed by atoms with Gasteiger partial charge in [0, 0.05) is 38.9 Å². The molecule has 0 aromatic heterocycles. The van der Waals surface area contributed by atoms with E-state index in [4.69, 9.17) is 0 Å². The van der Waals surface area contributed by atoms with E-state index in [2.05, 4.69) is 31.3 Å². The molecule has 1 aromatic rings. The topological polar surface area (TPSA) is 35.6 Å². The summed E-state index contributed by atoms with van der Waals surface area (Å²) in [5.74, 6) is 0.517. The van der Waals surface area contributed by atoms with Gasteiger partial charge in [-0.3, -0.25) is 4.90 Å². The lowest BCUT2D eigenvalue weighted by Crippen LogP contribution is -2.50. The van der Waals surface area contributed by atoms with Crippen LogP contribution in [0.2, 0.25) is 0 Å². The second kappa shape index (κ2) is 6.06. The fourth-order valence-electron chi connectivity index (χ4n) is 2.26. The van der Waals surface area contributed by atoms with E-state index >= 15 is 0 Å². The molecule has 2 rings (SSSR count). The fraction of sp³-hybridized carbons (Fsp3) is 0.533. The summed E-state index contributed by atoms with van der Waals surface area (Å²) in [4.78, 5) is 16.0. The highest BCUT2D eigenvalue weighted by atomic mass is 16.2. The highest BCUT2D eigenvalue weighted by Gasteiger charge is 2.20. The van der Waals surface area contributed by atoms with Crippen LogP contribution in [-0.2, 0) is 0 Å². The second-order valence-corrected chi connectivity index (χ2v) is 5.32. The third-order valence-corrected chi connectivity index (χ3v) is 3.62. The Hall–Kier alpha value is -1.55. The van der Waals surface area contributed by atoms with Crippen LogP contribution in [0.3, 0.4) is 0 Å². The lowest BCUT2D eigenvalue weighted by molar-refractivity contribution is 0.198. The fourth-order valence-corrected chi connectivity index (χ4v) is 2.26. The number of piperazine rings is 1. The van der Waals surface area contributed by atoms with Gasteiger partial charge >= 0.3 is 6.03 Å². The lowest BCUT2D eigenvalue weighted by atomic mass is 10.0. The first-order valence-electron chi connectivity index (χ1n) is 6.93. The van der Waals surface area contributed by atoms with Crippen molar-refractivity contribution in [3.05, 3.63) is 29.8 Å². The number of carbonyl (C=O) groups excluding carboxylic acids is 1. The summed E-state index contributed by atoms with van der Waals surface area (Å²) in [6, 6.07) is 8.33. The molecule has 4 heteroatoms. The Morgan fingerprint density at radius 2 is 1.79 bits per heavy atom. The minimum Gasteiger partial charge on any atom is -0.322 e. The number of rotatable bonds is 2. The third-order valence-electron chi connectivity index (χ3n) is 3.62. The Kier molecular flexibility index (Phi) is 4.43. The molecule has 104 valence electrons. The van der Waals surface area contributed by atoms with E-state index in [-0.39, 0.29) is 6.03 Å². The minimum atomic E-state index is 0.0822. The Balaban J connectivity index is 2.05. The van der Waals surface area contributed by atoms with Crippen molar-refractivity contribution in [2.24, 2.45) is 0 Å². The van der Waals surface area contributed by atoms with Crippen molar-refractivity contribution in [2.75, 3.05) is 38.1 Å². The van der Waals surface area contributed by atoms with E-state index in [0.717, 1.165) is 31.9 Å². The maximum Gasteiger partial charge on any atom is 0.324 e. The quantitative estimate of drug-likeness (QED) is 0.886. The first-order chi connectivity index (χ1) is 9.09. The van der Waals surface area contributed by atoms with Gasteiger partial charge in [0.25, 0.3) is 0 Å². The molecule has 1 aliphatic heterocycles. The average molecular weight is 261 g/mol. The van der Waals surface area contributed by atoms with Crippen LogP contribution in [0, 0.1) is 0 Å². The molecule has 2 amide bonds. The van der Waals surface area contributed by atoms with Gasteiger partial charge in [-0.15, -0.1) is 0 Å². The molecule has 0 saturated carbocycles. The van der Waals surface area contributed by atoms with Gasteiger partial charge in [0.15, 0.2) is 0 Å². The van der Waals surface area contributed by atoms with Crippen LogP contribution in [-0.4, -0.2) is 44.2 Å². The van der Waals surface area contributed by atoms with E-state index < -0.39 is 0 Å². The van der Waals surface area contributed by atoms with E-state index in [1.54, 1.807) is 4.90 Å². The molecule has 0 unspecified atom stereocenters. The molecule has 1 aliphatic rings. The zero-order chi connectivity index (χ0) is 13.8. The Labute approximate surface area is 115 Å². The normalized spacial score (nSPS) is 15.7. The molecular formula is C15H23N3O. The summed E-state index contributed by atoms with van der Waals surface area (Å²) >= 11 is 0. The molecule has 1 saturated heterocycles. The van der Waals surface area contributed by atoms with E-state index in [1.807, 2.05) is 24.1 Å². The van der Waals surface area contributed by atoms with Gasteiger partial charge in [-0.1, -0.05) is 26.0 Å². The molecule has 1 fully saturated rings. The summed E-state index contributed by atoms with van der Waals surface area (Å²) in [7, 11) is 1.84. The van der Waals surface area contributed by atoms with Crippen molar-refractivity contribution in [1.29, 1.82) is 0 Å².